The number of nitriles is 1. The molecule has 3 N–H and O–H groups in total. The summed E-state index contributed by atoms with van der Waals surface area (Å²) in [7, 11) is 0. The van der Waals surface area contributed by atoms with Crippen LogP contribution < -0.4 is 11.1 Å². The number of primary amides is 1. The third-order valence-electron chi connectivity index (χ3n) is 4.44. The zero-order chi connectivity index (χ0) is 18.4. The van der Waals surface area contributed by atoms with Gasteiger partial charge in [-0.05, 0) is 30.4 Å². The van der Waals surface area contributed by atoms with Crippen LogP contribution in [0.1, 0.15) is 38.2 Å². The first-order chi connectivity index (χ1) is 11.9. The van der Waals surface area contributed by atoms with Crippen molar-refractivity contribution in [3.8, 4) is 6.07 Å². The molecule has 0 spiro atoms. The Morgan fingerprint density at radius 1 is 1.32 bits per heavy atom. The monoisotopic (exact) mass is 340 g/mol. The topological polar surface area (TPSA) is 99.2 Å². The summed E-state index contributed by atoms with van der Waals surface area (Å²) >= 11 is 0. The average Bonchev–Trinajstić information content (AvgIpc) is 2.60. The zero-order valence-electron chi connectivity index (χ0n) is 14.7. The van der Waals surface area contributed by atoms with Gasteiger partial charge in [-0.1, -0.05) is 32.0 Å². The Hall–Kier alpha value is -2.81. The van der Waals surface area contributed by atoms with Crippen LogP contribution in [0.2, 0.25) is 0 Å². The second-order valence-electron chi connectivity index (χ2n) is 6.56. The number of carbonyl (C=O) groups excluding carboxylic acids is 2. The average molecular weight is 340 g/mol. The molecule has 25 heavy (non-hydrogen) atoms. The molecule has 0 radical (unpaired) electrons. The number of rotatable bonds is 5. The van der Waals surface area contributed by atoms with Gasteiger partial charge in [-0.15, -0.1) is 0 Å². The van der Waals surface area contributed by atoms with Gasteiger partial charge >= 0.3 is 0 Å². The summed E-state index contributed by atoms with van der Waals surface area (Å²) in [4.78, 5) is 25.6. The van der Waals surface area contributed by atoms with Crippen molar-refractivity contribution in [1.82, 2.24) is 4.90 Å². The van der Waals surface area contributed by atoms with E-state index in [0.29, 0.717) is 25.9 Å². The fraction of sp³-hybridized carbons (Fsp3) is 0.421. The summed E-state index contributed by atoms with van der Waals surface area (Å²) in [5.41, 5.74) is 7.12. The standard InChI is InChI=1S/C19H24N4O2/c1-13(2)16-5-3-4-6-17(16)22-19(25)15(11-20)12-23-9-7-14(8-10-23)18(21)24/h3-6,12-14H,7-10H2,1-2H3,(H2,21,24)(H,22,25)/b15-12-. The number of hydrogen-bond donors (Lipinski definition) is 2. The van der Waals surface area contributed by atoms with Gasteiger partial charge in [0.2, 0.25) is 5.91 Å². The minimum absolute atomic E-state index is 0.0519. The zero-order valence-corrected chi connectivity index (χ0v) is 14.7. The van der Waals surface area contributed by atoms with Crippen LogP contribution >= 0.6 is 0 Å². The van der Waals surface area contributed by atoms with E-state index in [1.807, 2.05) is 35.2 Å². The second kappa shape index (κ2) is 8.34. The summed E-state index contributed by atoms with van der Waals surface area (Å²) in [6.07, 6.45) is 2.86. The first-order valence-corrected chi connectivity index (χ1v) is 8.48. The van der Waals surface area contributed by atoms with Crippen molar-refractivity contribution in [2.75, 3.05) is 18.4 Å². The molecule has 1 aromatic carbocycles. The van der Waals surface area contributed by atoms with Gasteiger partial charge in [0.15, 0.2) is 0 Å². The predicted octanol–water partition coefficient (Wildman–Crippen LogP) is 2.35. The number of carbonyl (C=O) groups is 2. The fourth-order valence-corrected chi connectivity index (χ4v) is 2.94. The van der Waals surface area contributed by atoms with E-state index in [1.165, 1.54) is 0 Å². The maximum Gasteiger partial charge on any atom is 0.267 e. The van der Waals surface area contributed by atoms with Crippen LogP contribution in [0.15, 0.2) is 36.0 Å². The van der Waals surface area contributed by atoms with Crippen LogP contribution in [0.3, 0.4) is 0 Å². The summed E-state index contributed by atoms with van der Waals surface area (Å²) in [6, 6.07) is 9.54. The number of piperidine rings is 1. The third-order valence-corrected chi connectivity index (χ3v) is 4.44. The minimum atomic E-state index is -0.423. The molecule has 2 rings (SSSR count). The van der Waals surface area contributed by atoms with E-state index in [-0.39, 0.29) is 23.3 Å². The Kier molecular flexibility index (Phi) is 6.18. The fourth-order valence-electron chi connectivity index (χ4n) is 2.94. The molecular weight excluding hydrogens is 316 g/mol. The van der Waals surface area contributed by atoms with Crippen molar-refractivity contribution < 1.29 is 9.59 Å². The molecule has 0 aliphatic carbocycles. The first-order valence-electron chi connectivity index (χ1n) is 8.48. The van der Waals surface area contributed by atoms with E-state index in [0.717, 1.165) is 11.3 Å². The highest BCUT2D eigenvalue weighted by Gasteiger charge is 2.23. The molecule has 1 saturated heterocycles. The van der Waals surface area contributed by atoms with Crippen LogP contribution in [0.4, 0.5) is 5.69 Å². The van der Waals surface area contributed by atoms with Gasteiger partial charge in [0.05, 0.1) is 0 Å². The van der Waals surface area contributed by atoms with Crippen LogP contribution in [-0.4, -0.2) is 29.8 Å². The maximum atomic E-state index is 12.5. The third kappa shape index (κ3) is 4.83. The van der Waals surface area contributed by atoms with E-state index >= 15 is 0 Å². The maximum absolute atomic E-state index is 12.5. The number of hydrogen-bond acceptors (Lipinski definition) is 4. The van der Waals surface area contributed by atoms with Gasteiger partial charge in [0.25, 0.3) is 5.91 Å². The SMILES string of the molecule is CC(C)c1ccccc1NC(=O)/C(C#N)=C\N1CCC(C(N)=O)CC1. The van der Waals surface area contributed by atoms with Gasteiger partial charge in [-0.25, -0.2) is 0 Å². The highest BCUT2D eigenvalue weighted by Crippen LogP contribution is 2.24. The van der Waals surface area contributed by atoms with Gasteiger partial charge in [0, 0.05) is 30.9 Å². The number of para-hydroxylation sites is 1. The molecule has 0 saturated carbocycles. The highest BCUT2D eigenvalue weighted by molar-refractivity contribution is 6.06. The molecule has 0 aromatic heterocycles. The van der Waals surface area contributed by atoms with E-state index in [9.17, 15) is 14.9 Å². The van der Waals surface area contributed by atoms with Gasteiger partial charge in [-0.2, -0.15) is 5.26 Å². The number of amides is 2. The van der Waals surface area contributed by atoms with Gasteiger partial charge in [0.1, 0.15) is 11.6 Å². The summed E-state index contributed by atoms with van der Waals surface area (Å²) < 4.78 is 0. The van der Waals surface area contributed by atoms with Crippen LogP contribution in [-0.2, 0) is 9.59 Å². The molecule has 0 bridgehead atoms. The molecule has 1 aromatic rings. The molecule has 1 fully saturated rings. The summed E-state index contributed by atoms with van der Waals surface area (Å²) in [6.45, 7) is 5.31. The van der Waals surface area contributed by atoms with Crippen molar-refractivity contribution >= 4 is 17.5 Å². The number of nitrogens with one attached hydrogen (secondary N) is 1. The smallest absolute Gasteiger partial charge is 0.267 e. The normalized spacial score (nSPS) is 15.8. The molecule has 1 aliphatic rings. The Morgan fingerprint density at radius 2 is 1.96 bits per heavy atom. The van der Waals surface area contributed by atoms with E-state index in [4.69, 9.17) is 5.73 Å². The lowest BCUT2D eigenvalue weighted by atomic mass is 9.96. The summed E-state index contributed by atoms with van der Waals surface area (Å²) in [5, 5.41) is 12.2. The van der Waals surface area contributed by atoms with Crippen molar-refractivity contribution in [1.29, 1.82) is 5.26 Å². The van der Waals surface area contributed by atoms with E-state index in [1.54, 1.807) is 6.20 Å². The minimum Gasteiger partial charge on any atom is -0.376 e. The van der Waals surface area contributed by atoms with Crippen LogP contribution in [0.25, 0.3) is 0 Å². The van der Waals surface area contributed by atoms with Crippen molar-refractivity contribution in [2.24, 2.45) is 11.7 Å². The van der Waals surface area contributed by atoms with Crippen LogP contribution in [0, 0.1) is 17.2 Å². The van der Waals surface area contributed by atoms with Crippen molar-refractivity contribution in [3.05, 3.63) is 41.6 Å². The van der Waals surface area contributed by atoms with Crippen molar-refractivity contribution in [3.63, 3.8) is 0 Å². The Balaban J connectivity index is 2.07. The van der Waals surface area contributed by atoms with E-state index < -0.39 is 5.91 Å². The van der Waals surface area contributed by atoms with Gasteiger partial charge < -0.3 is 16.0 Å². The second-order valence-corrected chi connectivity index (χ2v) is 6.56. The molecule has 1 aliphatic heterocycles. The lowest BCUT2D eigenvalue weighted by Crippen LogP contribution is -2.36. The van der Waals surface area contributed by atoms with E-state index in [2.05, 4.69) is 19.2 Å². The number of anilines is 1. The highest BCUT2D eigenvalue weighted by atomic mass is 16.2. The molecular formula is C19H24N4O2. The molecule has 2 amide bonds. The molecule has 1 heterocycles. The number of likely N-dealkylation sites (tertiary alicyclic amines) is 1. The number of benzene rings is 1. The number of nitrogens with two attached hydrogens (primary N) is 1. The lowest BCUT2D eigenvalue weighted by Gasteiger charge is -2.29. The molecule has 6 nitrogen and oxygen atoms in total. The summed E-state index contributed by atoms with van der Waals surface area (Å²) in [5.74, 6) is -0.569. The Labute approximate surface area is 148 Å². The Morgan fingerprint density at radius 3 is 2.52 bits per heavy atom. The quantitative estimate of drug-likeness (QED) is 0.635. The number of nitrogens with zero attached hydrogens (tertiary/aromatic N) is 2. The first kappa shape index (κ1) is 18.5. The van der Waals surface area contributed by atoms with Crippen molar-refractivity contribution in [2.45, 2.75) is 32.6 Å². The Bertz CT molecular complexity index is 710. The molecule has 132 valence electrons. The molecule has 0 unspecified atom stereocenters. The van der Waals surface area contributed by atoms with Crippen LogP contribution in [0.5, 0.6) is 0 Å². The lowest BCUT2D eigenvalue weighted by molar-refractivity contribution is -0.123. The molecule has 6 heteroatoms. The predicted molar refractivity (Wildman–Crippen MR) is 96.3 cm³/mol. The van der Waals surface area contributed by atoms with Gasteiger partial charge in [-0.3, -0.25) is 9.59 Å². The largest absolute Gasteiger partial charge is 0.376 e. The molecule has 0 atom stereocenters.